The lowest BCUT2D eigenvalue weighted by Crippen LogP contribution is -2.54. The highest BCUT2D eigenvalue weighted by Crippen LogP contribution is 2.34. The van der Waals surface area contributed by atoms with Gasteiger partial charge in [-0.05, 0) is 51.0 Å². The summed E-state index contributed by atoms with van der Waals surface area (Å²) >= 11 is 0. The first-order chi connectivity index (χ1) is 9.00. The van der Waals surface area contributed by atoms with Crippen molar-refractivity contribution in [1.82, 2.24) is 4.90 Å². The second kappa shape index (κ2) is 8.23. The van der Waals surface area contributed by atoms with E-state index in [-0.39, 0.29) is 5.54 Å². The van der Waals surface area contributed by atoms with E-state index in [1.54, 1.807) is 0 Å². The van der Waals surface area contributed by atoms with Gasteiger partial charge in [-0.2, -0.15) is 0 Å². The van der Waals surface area contributed by atoms with Crippen LogP contribution >= 0.6 is 0 Å². The van der Waals surface area contributed by atoms with Crippen LogP contribution in [0.1, 0.15) is 52.9 Å². The highest BCUT2D eigenvalue weighted by molar-refractivity contribution is 4.94. The molecule has 0 aliphatic heterocycles. The van der Waals surface area contributed by atoms with E-state index in [1.807, 2.05) is 0 Å². The Morgan fingerprint density at radius 3 is 2.42 bits per heavy atom. The van der Waals surface area contributed by atoms with Gasteiger partial charge in [-0.15, -0.1) is 0 Å². The average Bonchev–Trinajstić information content (AvgIpc) is 2.39. The van der Waals surface area contributed by atoms with Crippen LogP contribution in [0.5, 0.6) is 0 Å². The smallest absolute Gasteiger partial charge is 0.0593 e. The summed E-state index contributed by atoms with van der Waals surface area (Å²) in [6.07, 6.45) is 6.27. The first kappa shape index (κ1) is 16.9. The molecule has 0 saturated heterocycles. The van der Waals surface area contributed by atoms with E-state index >= 15 is 0 Å². The van der Waals surface area contributed by atoms with Crippen LogP contribution in [0.25, 0.3) is 0 Å². The van der Waals surface area contributed by atoms with Crippen molar-refractivity contribution >= 4 is 0 Å². The van der Waals surface area contributed by atoms with Crippen LogP contribution in [0.15, 0.2) is 0 Å². The predicted octanol–water partition coefficient (Wildman–Crippen LogP) is 2.89. The van der Waals surface area contributed by atoms with Crippen LogP contribution in [0.2, 0.25) is 0 Å². The van der Waals surface area contributed by atoms with Gasteiger partial charge in [0.05, 0.1) is 6.61 Å². The summed E-state index contributed by atoms with van der Waals surface area (Å²) in [5, 5.41) is 0. The zero-order chi connectivity index (χ0) is 14.3. The van der Waals surface area contributed by atoms with Gasteiger partial charge >= 0.3 is 0 Å². The molecule has 114 valence electrons. The van der Waals surface area contributed by atoms with E-state index in [9.17, 15) is 0 Å². The van der Waals surface area contributed by atoms with E-state index in [1.165, 1.54) is 25.7 Å². The van der Waals surface area contributed by atoms with Crippen molar-refractivity contribution in [2.45, 2.75) is 58.4 Å². The van der Waals surface area contributed by atoms with Crippen molar-refractivity contribution in [3.8, 4) is 0 Å². The summed E-state index contributed by atoms with van der Waals surface area (Å²) in [6.45, 7) is 10.3. The molecule has 0 heterocycles. The highest BCUT2D eigenvalue weighted by Gasteiger charge is 2.36. The summed E-state index contributed by atoms with van der Waals surface area (Å²) in [7, 11) is 2.22. The molecule has 1 aliphatic rings. The Bertz CT molecular complexity index is 235. The first-order valence-corrected chi connectivity index (χ1v) is 7.99. The Balaban J connectivity index is 2.28. The fraction of sp³-hybridized carbons (Fsp3) is 1.00. The zero-order valence-electron chi connectivity index (χ0n) is 13.5. The van der Waals surface area contributed by atoms with Crippen molar-refractivity contribution in [2.24, 2.45) is 17.6 Å². The van der Waals surface area contributed by atoms with Gasteiger partial charge in [0, 0.05) is 25.2 Å². The third-order valence-electron chi connectivity index (χ3n) is 4.81. The maximum atomic E-state index is 6.07. The largest absolute Gasteiger partial charge is 0.380 e. The second-order valence-corrected chi connectivity index (χ2v) is 6.83. The molecule has 0 amide bonds. The van der Waals surface area contributed by atoms with Gasteiger partial charge in [0.1, 0.15) is 0 Å². The molecule has 1 fully saturated rings. The number of rotatable bonds is 8. The monoisotopic (exact) mass is 270 g/mol. The van der Waals surface area contributed by atoms with E-state index in [0.29, 0.717) is 0 Å². The fourth-order valence-corrected chi connectivity index (χ4v) is 2.90. The van der Waals surface area contributed by atoms with Crippen LogP contribution in [0, 0.1) is 11.8 Å². The molecule has 0 aromatic rings. The van der Waals surface area contributed by atoms with Crippen molar-refractivity contribution in [3.05, 3.63) is 0 Å². The maximum absolute atomic E-state index is 6.07. The minimum Gasteiger partial charge on any atom is -0.380 e. The molecule has 19 heavy (non-hydrogen) atoms. The van der Waals surface area contributed by atoms with Gasteiger partial charge in [-0.3, -0.25) is 4.90 Å². The lowest BCUT2D eigenvalue weighted by Gasteiger charge is -2.45. The Hall–Kier alpha value is -0.120. The third-order valence-corrected chi connectivity index (χ3v) is 4.81. The van der Waals surface area contributed by atoms with Gasteiger partial charge < -0.3 is 10.5 Å². The highest BCUT2D eigenvalue weighted by atomic mass is 16.5. The van der Waals surface area contributed by atoms with E-state index in [4.69, 9.17) is 10.5 Å². The maximum Gasteiger partial charge on any atom is 0.0593 e. The molecular weight excluding hydrogens is 236 g/mol. The molecule has 0 aromatic heterocycles. The van der Waals surface area contributed by atoms with Crippen LogP contribution in [0.3, 0.4) is 0 Å². The Morgan fingerprint density at radius 1 is 1.26 bits per heavy atom. The molecule has 1 rings (SSSR count). The van der Waals surface area contributed by atoms with Crippen molar-refractivity contribution in [2.75, 3.05) is 33.4 Å². The number of likely N-dealkylation sites (N-methyl/N-ethyl adjacent to an activating group) is 1. The summed E-state index contributed by atoms with van der Waals surface area (Å²) in [5.74, 6) is 1.60. The predicted molar refractivity (Wildman–Crippen MR) is 82.3 cm³/mol. The molecule has 3 nitrogen and oxygen atoms in total. The standard InChI is InChI=1S/C16H34N2O/c1-14(2)7-11-19-12-10-18(4)16(13-17)8-5-15(3)6-9-16/h14-15H,5-13,17H2,1-4H3. The molecule has 0 bridgehead atoms. The molecule has 0 spiro atoms. The second-order valence-electron chi connectivity index (χ2n) is 6.83. The topological polar surface area (TPSA) is 38.5 Å². The SMILES string of the molecule is CC(C)CCOCCN(C)C1(CN)CCC(C)CC1. The quantitative estimate of drug-likeness (QED) is 0.689. The number of hydrogen-bond acceptors (Lipinski definition) is 3. The van der Waals surface area contributed by atoms with Crippen LogP contribution < -0.4 is 5.73 Å². The molecule has 3 heteroatoms. The van der Waals surface area contributed by atoms with Gasteiger partial charge in [0.2, 0.25) is 0 Å². The lowest BCUT2D eigenvalue weighted by atomic mass is 9.76. The van der Waals surface area contributed by atoms with E-state index in [2.05, 4.69) is 32.7 Å². The van der Waals surface area contributed by atoms with E-state index in [0.717, 1.165) is 44.6 Å². The van der Waals surface area contributed by atoms with Crippen molar-refractivity contribution in [3.63, 3.8) is 0 Å². The van der Waals surface area contributed by atoms with Crippen molar-refractivity contribution in [1.29, 1.82) is 0 Å². The summed E-state index contributed by atoms with van der Waals surface area (Å²) in [4.78, 5) is 2.45. The molecule has 2 N–H and O–H groups in total. The van der Waals surface area contributed by atoms with Gasteiger partial charge in [0.25, 0.3) is 0 Å². The minimum atomic E-state index is 0.230. The normalized spacial score (nSPS) is 28.3. The number of nitrogens with two attached hydrogens (primary N) is 1. The minimum absolute atomic E-state index is 0.230. The molecule has 0 radical (unpaired) electrons. The summed E-state index contributed by atoms with van der Waals surface area (Å²) < 4.78 is 5.73. The Kier molecular flexibility index (Phi) is 7.33. The zero-order valence-corrected chi connectivity index (χ0v) is 13.5. The number of ether oxygens (including phenoxy) is 1. The molecule has 0 atom stereocenters. The molecular formula is C16H34N2O. The fourth-order valence-electron chi connectivity index (χ4n) is 2.90. The molecule has 1 saturated carbocycles. The van der Waals surface area contributed by atoms with E-state index < -0.39 is 0 Å². The van der Waals surface area contributed by atoms with Crippen LogP contribution in [-0.2, 0) is 4.74 Å². The Morgan fingerprint density at radius 2 is 1.89 bits per heavy atom. The third kappa shape index (κ3) is 5.41. The molecule has 0 unspecified atom stereocenters. The summed E-state index contributed by atoms with van der Waals surface area (Å²) in [6, 6.07) is 0. The molecule has 0 aromatic carbocycles. The number of nitrogens with zero attached hydrogens (tertiary/aromatic N) is 1. The molecule has 1 aliphatic carbocycles. The van der Waals surface area contributed by atoms with Gasteiger partial charge in [-0.1, -0.05) is 20.8 Å². The Labute approximate surface area is 119 Å². The number of hydrogen-bond donors (Lipinski definition) is 1. The summed E-state index contributed by atoms with van der Waals surface area (Å²) in [5.41, 5.74) is 6.30. The average molecular weight is 270 g/mol. The lowest BCUT2D eigenvalue weighted by molar-refractivity contribution is 0.0320. The first-order valence-electron chi connectivity index (χ1n) is 7.99. The van der Waals surface area contributed by atoms with Gasteiger partial charge in [0.15, 0.2) is 0 Å². The van der Waals surface area contributed by atoms with Crippen molar-refractivity contribution < 1.29 is 4.74 Å². The van der Waals surface area contributed by atoms with Gasteiger partial charge in [-0.25, -0.2) is 0 Å². The van der Waals surface area contributed by atoms with Crippen LogP contribution in [-0.4, -0.2) is 43.8 Å². The van der Waals surface area contributed by atoms with Crippen LogP contribution in [0.4, 0.5) is 0 Å².